The lowest BCUT2D eigenvalue weighted by Gasteiger charge is -2.16. The number of hydrogen-bond acceptors (Lipinski definition) is 3. The van der Waals surface area contributed by atoms with E-state index in [4.69, 9.17) is 0 Å². The van der Waals surface area contributed by atoms with Crippen LogP contribution in [0.3, 0.4) is 0 Å². The molecule has 0 radical (unpaired) electrons. The van der Waals surface area contributed by atoms with Crippen LogP contribution in [-0.2, 0) is 11.3 Å². The van der Waals surface area contributed by atoms with Crippen molar-refractivity contribution in [3.8, 4) is 0 Å². The number of carbonyl (C=O) groups is 1. The van der Waals surface area contributed by atoms with Crippen molar-refractivity contribution in [3.63, 3.8) is 0 Å². The van der Waals surface area contributed by atoms with Crippen LogP contribution in [0.15, 0.2) is 52.1 Å². The minimum absolute atomic E-state index is 0.124. The number of rotatable bonds is 4. The van der Waals surface area contributed by atoms with E-state index in [9.17, 15) is 23.2 Å². The van der Waals surface area contributed by atoms with Crippen molar-refractivity contribution in [2.45, 2.75) is 19.5 Å². The van der Waals surface area contributed by atoms with E-state index < -0.39 is 34.8 Å². The molecule has 1 atom stereocenters. The third-order valence-electron chi connectivity index (χ3n) is 4.01. The highest BCUT2D eigenvalue weighted by molar-refractivity contribution is 5.81. The van der Waals surface area contributed by atoms with Crippen molar-refractivity contribution < 1.29 is 13.6 Å². The molecule has 2 aromatic carbocycles. The SMILES string of the molecule is CC(NC(=O)Cn1c(=O)[nH]c(=O)c2ccccc21)c1ccc(F)cc1F. The van der Waals surface area contributed by atoms with E-state index in [2.05, 4.69) is 10.3 Å². The Bertz CT molecular complexity index is 1100. The van der Waals surface area contributed by atoms with Crippen LogP contribution in [0.4, 0.5) is 8.78 Å². The molecule has 0 spiro atoms. The summed E-state index contributed by atoms with van der Waals surface area (Å²) in [6, 6.07) is 8.74. The summed E-state index contributed by atoms with van der Waals surface area (Å²) >= 11 is 0. The lowest BCUT2D eigenvalue weighted by molar-refractivity contribution is -0.122. The average molecular weight is 359 g/mol. The number of hydrogen-bond donors (Lipinski definition) is 2. The molecule has 8 heteroatoms. The van der Waals surface area contributed by atoms with Crippen molar-refractivity contribution in [2.75, 3.05) is 0 Å². The van der Waals surface area contributed by atoms with Crippen molar-refractivity contribution in [1.82, 2.24) is 14.9 Å². The molecule has 0 saturated carbocycles. The maximum Gasteiger partial charge on any atom is 0.329 e. The molecule has 6 nitrogen and oxygen atoms in total. The van der Waals surface area contributed by atoms with E-state index >= 15 is 0 Å². The third-order valence-corrected chi connectivity index (χ3v) is 4.01. The van der Waals surface area contributed by atoms with Gasteiger partial charge in [-0.15, -0.1) is 0 Å². The lowest BCUT2D eigenvalue weighted by atomic mass is 10.1. The summed E-state index contributed by atoms with van der Waals surface area (Å²) in [7, 11) is 0. The molecule has 1 unspecified atom stereocenters. The highest BCUT2D eigenvalue weighted by Crippen LogP contribution is 2.17. The summed E-state index contributed by atoms with van der Waals surface area (Å²) in [5, 5.41) is 2.83. The molecule has 3 aromatic rings. The molecule has 3 rings (SSSR count). The van der Waals surface area contributed by atoms with Crippen LogP contribution in [0, 0.1) is 11.6 Å². The van der Waals surface area contributed by atoms with Crippen LogP contribution >= 0.6 is 0 Å². The predicted molar refractivity (Wildman–Crippen MR) is 91.7 cm³/mol. The first-order valence-electron chi connectivity index (χ1n) is 7.83. The van der Waals surface area contributed by atoms with Crippen molar-refractivity contribution >= 4 is 16.8 Å². The molecule has 0 saturated heterocycles. The van der Waals surface area contributed by atoms with Gasteiger partial charge in [0.05, 0.1) is 16.9 Å². The summed E-state index contributed by atoms with van der Waals surface area (Å²) in [4.78, 5) is 38.3. The van der Waals surface area contributed by atoms with E-state index in [0.717, 1.165) is 16.7 Å². The maximum atomic E-state index is 13.8. The number of benzene rings is 2. The Balaban J connectivity index is 1.86. The molecule has 0 aliphatic rings. The number of aromatic amines is 1. The zero-order chi connectivity index (χ0) is 18.8. The molecular formula is C18H15F2N3O3. The molecular weight excluding hydrogens is 344 g/mol. The molecule has 26 heavy (non-hydrogen) atoms. The van der Waals surface area contributed by atoms with Gasteiger partial charge < -0.3 is 5.32 Å². The fourth-order valence-corrected chi connectivity index (χ4v) is 2.76. The second kappa shape index (κ2) is 6.91. The molecule has 0 aliphatic heterocycles. The minimum Gasteiger partial charge on any atom is -0.348 e. The molecule has 1 aromatic heterocycles. The van der Waals surface area contributed by atoms with E-state index in [0.29, 0.717) is 5.52 Å². The van der Waals surface area contributed by atoms with Crippen LogP contribution in [0.1, 0.15) is 18.5 Å². The average Bonchev–Trinajstić information content (AvgIpc) is 2.58. The standard InChI is InChI=1S/C18H15F2N3O3/c1-10(12-7-6-11(19)8-14(12)20)21-16(24)9-23-15-5-3-2-4-13(15)17(25)22-18(23)26/h2-8,10H,9H2,1H3,(H,21,24)(H,22,25,26). The molecule has 134 valence electrons. The highest BCUT2D eigenvalue weighted by Gasteiger charge is 2.16. The summed E-state index contributed by atoms with van der Waals surface area (Å²) in [5.41, 5.74) is -0.816. The fraction of sp³-hybridized carbons (Fsp3) is 0.167. The Morgan fingerprint density at radius 2 is 1.92 bits per heavy atom. The van der Waals surface area contributed by atoms with Gasteiger partial charge in [-0.3, -0.25) is 19.1 Å². The van der Waals surface area contributed by atoms with Gasteiger partial charge in [0.1, 0.15) is 18.2 Å². The molecule has 1 amide bonds. The van der Waals surface area contributed by atoms with E-state index in [1.807, 2.05) is 0 Å². The molecule has 2 N–H and O–H groups in total. The van der Waals surface area contributed by atoms with Crippen LogP contribution < -0.4 is 16.6 Å². The summed E-state index contributed by atoms with van der Waals surface area (Å²) < 4.78 is 27.9. The second-order valence-corrected chi connectivity index (χ2v) is 5.82. The largest absolute Gasteiger partial charge is 0.348 e. The van der Waals surface area contributed by atoms with Crippen LogP contribution in [0.2, 0.25) is 0 Å². The van der Waals surface area contributed by atoms with Gasteiger partial charge in [0, 0.05) is 11.6 Å². The number of amides is 1. The van der Waals surface area contributed by atoms with Crippen LogP contribution in [0.5, 0.6) is 0 Å². The number of nitrogens with one attached hydrogen (secondary N) is 2. The Kier molecular flexibility index (Phi) is 4.66. The Hall–Kier alpha value is -3.29. The highest BCUT2D eigenvalue weighted by atomic mass is 19.1. The number of fused-ring (bicyclic) bond motifs is 1. The lowest BCUT2D eigenvalue weighted by Crippen LogP contribution is -2.37. The third kappa shape index (κ3) is 3.39. The molecule has 0 fully saturated rings. The van der Waals surface area contributed by atoms with E-state index in [1.54, 1.807) is 31.2 Å². The van der Waals surface area contributed by atoms with Gasteiger partial charge in [0.25, 0.3) is 5.56 Å². The molecule has 0 aliphatic carbocycles. The summed E-state index contributed by atoms with van der Waals surface area (Å²) in [6.07, 6.45) is 0. The number of halogens is 2. The Labute approximate surface area is 146 Å². The molecule has 0 bridgehead atoms. The van der Waals surface area contributed by atoms with Crippen molar-refractivity contribution in [1.29, 1.82) is 0 Å². The van der Waals surface area contributed by atoms with Gasteiger partial charge in [0.2, 0.25) is 5.91 Å². The monoisotopic (exact) mass is 359 g/mol. The van der Waals surface area contributed by atoms with Gasteiger partial charge in [0.15, 0.2) is 0 Å². The van der Waals surface area contributed by atoms with Crippen molar-refractivity contribution in [2.24, 2.45) is 0 Å². The predicted octanol–water partition coefficient (Wildman–Crippen LogP) is 1.85. The van der Waals surface area contributed by atoms with Crippen molar-refractivity contribution in [3.05, 3.63) is 80.5 Å². The minimum atomic E-state index is -0.774. The van der Waals surface area contributed by atoms with E-state index in [1.165, 1.54) is 6.07 Å². The second-order valence-electron chi connectivity index (χ2n) is 5.82. The number of aromatic nitrogens is 2. The number of nitrogens with zero attached hydrogens (tertiary/aromatic N) is 1. The topological polar surface area (TPSA) is 84.0 Å². The Morgan fingerprint density at radius 1 is 1.19 bits per heavy atom. The van der Waals surface area contributed by atoms with Crippen LogP contribution in [-0.4, -0.2) is 15.5 Å². The van der Waals surface area contributed by atoms with E-state index in [-0.39, 0.29) is 17.5 Å². The first kappa shape index (κ1) is 17.5. The number of H-pyrrole nitrogens is 1. The normalized spacial score (nSPS) is 12.1. The Morgan fingerprint density at radius 3 is 2.65 bits per heavy atom. The van der Waals surface area contributed by atoms with Gasteiger partial charge >= 0.3 is 5.69 Å². The quantitative estimate of drug-likeness (QED) is 0.746. The van der Waals surface area contributed by atoms with Gasteiger partial charge in [-0.05, 0) is 25.1 Å². The maximum absolute atomic E-state index is 13.8. The molecule has 1 heterocycles. The van der Waals surface area contributed by atoms with Gasteiger partial charge in [-0.25, -0.2) is 13.6 Å². The van der Waals surface area contributed by atoms with Crippen LogP contribution in [0.25, 0.3) is 10.9 Å². The smallest absolute Gasteiger partial charge is 0.329 e. The first-order chi connectivity index (χ1) is 12.4. The zero-order valence-electron chi connectivity index (χ0n) is 13.8. The fourth-order valence-electron chi connectivity index (χ4n) is 2.76. The van der Waals surface area contributed by atoms with Gasteiger partial charge in [-0.2, -0.15) is 0 Å². The first-order valence-corrected chi connectivity index (χ1v) is 7.83. The number of carbonyl (C=O) groups excluding carboxylic acids is 1. The van der Waals surface area contributed by atoms with Gasteiger partial charge in [-0.1, -0.05) is 18.2 Å². The summed E-state index contributed by atoms with van der Waals surface area (Å²) in [5.74, 6) is -2.04. The zero-order valence-corrected chi connectivity index (χ0v) is 13.8. The number of para-hydroxylation sites is 1. The summed E-state index contributed by atoms with van der Waals surface area (Å²) in [6.45, 7) is 1.19.